The fraction of sp³-hybridized carbons (Fsp3) is 0.917. The van der Waals surface area contributed by atoms with Gasteiger partial charge < -0.3 is 10.6 Å². The van der Waals surface area contributed by atoms with Crippen LogP contribution in [0.4, 0.5) is 0 Å². The third kappa shape index (κ3) is 4.94. The van der Waals surface area contributed by atoms with E-state index in [1.807, 2.05) is 11.9 Å². The second-order valence-electron chi connectivity index (χ2n) is 4.68. The second-order valence-corrected chi connectivity index (χ2v) is 4.68. The van der Waals surface area contributed by atoms with Crippen molar-refractivity contribution in [2.24, 2.45) is 5.73 Å². The lowest BCUT2D eigenvalue weighted by Gasteiger charge is -2.23. The summed E-state index contributed by atoms with van der Waals surface area (Å²) in [4.78, 5) is 16.1. The fourth-order valence-electron chi connectivity index (χ4n) is 2.09. The quantitative estimate of drug-likeness (QED) is 0.751. The highest BCUT2D eigenvalue weighted by Crippen LogP contribution is 2.09. The van der Waals surface area contributed by atoms with E-state index in [9.17, 15) is 4.79 Å². The van der Waals surface area contributed by atoms with Gasteiger partial charge in [-0.05, 0) is 39.4 Å². The molecule has 2 N–H and O–H groups in total. The van der Waals surface area contributed by atoms with Gasteiger partial charge in [0.25, 0.3) is 0 Å². The topological polar surface area (TPSA) is 49.6 Å². The van der Waals surface area contributed by atoms with Crippen LogP contribution in [0.25, 0.3) is 0 Å². The Labute approximate surface area is 98.8 Å². The number of amides is 1. The van der Waals surface area contributed by atoms with Gasteiger partial charge in [-0.15, -0.1) is 0 Å². The summed E-state index contributed by atoms with van der Waals surface area (Å²) in [5.74, 6) is 0.279. The maximum absolute atomic E-state index is 12.0. The van der Waals surface area contributed by atoms with Crippen molar-refractivity contribution < 1.29 is 4.79 Å². The van der Waals surface area contributed by atoms with E-state index in [1.54, 1.807) is 0 Å². The molecule has 0 bridgehead atoms. The van der Waals surface area contributed by atoms with Gasteiger partial charge in [0.05, 0.1) is 6.54 Å². The molecular weight excluding hydrogens is 202 g/mol. The van der Waals surface area contributed by atoms with Crippen LogP contribution in [0, 0.1) is 0 Å². The van der Waals surface area contributed by atoms with Crippen LogP contribution < -0.4 is 5.73 Å². The first-order chi connectivity index (χ1) is 7.74. The summed E-state index contributed by atoms with van der Waals surface area (Å²) in [6.45, 7) is 4.05. The van der Waals surface area contributed by atoms with Crippen LogP contribution in [0.2, 0.25) is 0 Å². The average Bonchev–Trinajstić information content (AvgIpc) is 2.54. The number of likely N-dealkylation sites (N-methyl/N-ethyl adjacent to an activating group) is 1. The zero-order valence-corrected chi connectivity index (χ0v) is 10.5. The molecule has 16 heavy (non-hydrogen) atoms. The third-order valence-electron chi connectivity index (χ3n) is 3.11. The molecule has 1 rings (SSSR count). The fourth-order valence-corrected chi connectivity index (χ4v) is 2.09. The molecule has 1 fully saturated rings. The summed E-state index contributed by atoms with van der Waals surface area (Å²) < 4.78 is 0. The molecule has 4 heteroatoms. The van der Waals surface area contributed by atoms with Crippen molar-refractivity contribution in [1.29, 1.82) is 0 Å². The van der Waals surface area contributed by atoms with E-state index in [0.29, 0.717) is 13.1 Å². The van der Waals surface area contributed by atoms with Crippen LogP contribution in [0.5, 0.6) is 0 Å². The SMILES string of the molecule is CN(CCCN)CC(=O)N1CCCCCC1. The molecular formula is C12H25N3O. The Morgan fingerprint density at radius 1 is 1.25 bits per heavy atom. The van der Waals surface area contributed by atoms with Gasteiger partial charge >= 0.3 is 0 Å². The van der Waals surface area contributed by atoms with E-state index >= 15 is 0 Å². The summed E-state index contributed by atoms with van der Waals surface area (Å²) in [5, 5.41) is 0. The van der Waals surface area contributed by atoms with Crippen molar-refractivity contribution >= 4 is 5.91 Å². The first-order valence-electron chi connectivity index (χ1n) is 6.40. The minimum Gasteiger partial charge on any atom is -0.342 e. The molecule has 0 aliphatic carbocycles. The molecule has 1 amide bonds. The predicted molar refractivity (Wildman–Crippen MR) is 66.2 cm³/mol. The summed E-state index contributed by atoms with van der Waals surface area (Å²) >= 11 is 0. The molecule has 1 aliphatic heterocycles. The van der Waals surface area contributed by atoms with E-state index in [1.165, 1.54) is 12.8 Å². The number of likely N-dealkylation sites (tertiary alicyclic amines) is 1. The highest BCUT2D eigenvalue weighted by atomic mass is 16.2. The van der Waals surface area contributed by atoms with E-state index in [-0.39, 0.29) is 5.91 Å². The monoisotopic (exact) mass is 227 g/mol. The number of nitrogens with zero attached hydrogens (tertiary/aromatic N) is 2. The minimum atomic E-state index is 0.279. The second kappa shape index (κ2) is 7.63. The van der Waals surface area contributed by atoms with Gasteiger partial charge in [-0.3, -0.25) is 9.69 Å². The number of hydrogen-bond donors (Lipinski definition) is 1. The first kappa shape index (κ1) is 13.5. The molecule has 1 heterocycles. The highest BCUT2D eigenvalue weighted by Gasteiger charge is 2.16. The normalized spacial score (nSPS) is 17.6. The van der Waals surface area contributed by atoms with Crippen LogP contribution >= 0.6 is 0 Å². The largest absolute Gasteiger partial charge is 0.342 e. The predicted octanol–water partition coefficient (Wildman–Crippen LogP) is 0.670. The Morgan fingerprint density at radius 2 is 1.88 bits per heavy atom. The van der Waals surface area contributed by atoms with Gasteiger partial charge in [0, 0.05) is 13.1 Å². The smallest absolute Gasteiger partial charge is 0.236 e. The molecule has 0 spiro atoms. The number of rotatable bonds is 5. The zero-order chi connectivity index (χ0) is 11.8. The van der Waals surface area contributed by atoms with Crippen molar-refractivity contribution in [1.82, 2.24) is 9.80 Å². The summed E-state index contributed by atoms with van der Waals surface area (Å²) in [6.07, 6.45) is 5.83. The van der Waals surface area contributed by atoms with Gasteiger partial charge in [-0.2, -0.15) is 0 Å². The van der Waals surface area contributed by atoms with E-state index in [4.69, 9.17) is 5.73 Å². The summed E-state index contributed by atoms with van der Waals surface area (Å²) in [6, 6.07) is 0. The Hall–Kier alpha value is -0.610. The van der Waals surface area contributed by atoms with Gasteiger partial charge in [0.2, 0.25) is 5.91 Å². The van der Waals surface area contributed by atoms with E-state index < -0.39 is 0 Å². The Bertz CT molecular complexity index is 200. The first-order valence-corrected chi connectivity index (χ1v) is 6.40. The third-order valence-corrected chi connectivity index (χ3v) is 3.11. The highest BCUT2D eigenvalue weighted by molar-refractivity contribution is 5.78. The van der Waals surface area contributed by atoms with Crippen LogP contribution in [0.15, 0.2) is 0 Å². The molecule has 1 aliphatic rings. The maximum atomic E-state index is 12.0. The standard InChI is InChI=1S/C12H25N3O/c1-14(8-6-7-13)11-12(16)15-9-4-2-3-5-10-15/h2-11,13H2,1H3. The molecule has 0 radical (unpaired) electrons. The summed E-state index contributed by atoms with van der Waals surface area (Å²) in [7, 11) is 1.99. The molecule has 1 saturated heterocycles. The molecule has 0 saturated carbocycles. The molecule has 0 atom stereocenters. The van der Waals surface area contributed by atoms with Gasteiger partial charge in [-0.25, -0.2) is 0 Å². The molecule has 4 nitrogen and oxygen atoms in total. The molecule has 0 aromatic rings. The Balaban J connectivity index is 2.26. The lowest BCUT2D eigenvalue weighted by molar-refractivity contribution is -0.132. The van der Waals surface area contributed by atoms with Crippen molar-refractivity contribution in [2.75, 3.05) is 39.8 Å². The number of carbonyl (C=O) groups is 1. The van der Waals surface area contributed by atoms with Gasteiger partial charge in [-0.1, -0.05) is 12.8 Å². The lowest BCUT2D eigenvalue weighted by atomic mass is 10.2. The molecule has 0 aromatic heterocycles. The maximum Gasteiger partial charge on any atom is 0.236 e. The zero-order valence-electron chi connectivity index (χ0n) is 10.5. The average molecular weight is 227 g/mol. The van der Waals surface area contributed by atoms with Crippen LogP contribution in [0.3, 0.4) is 0 Å². The van der Waals surface area contributed by atoms with Crippen molar-refractivity contribution in [3.63, 3.8) is 0 Å². The molecule has 0 unspecified atom stereocenters. The van der Waals surface area contributed by atoms with Crippen molar-refractivity contribution in [2.45, 2.75) is 32.1 Å². The van der Waals surface area contributed by atoms with Crippen LogP contribution in [0.1, 0.15) is 32.1 Å². The van der Waals surface area contributed by atoms with Crippen LogP contribution in [-0.4, -0.2) is 55.5 Å². The number of hydrogen-bond acceptors (Lipinski definition) is 3. The Kier molecular flexibility index (Phi) is 6.42. The van der Waals surface area contributed by atoms with Gasteiger partial charge in [0.15, 0.2) is 0 Å². The molecule has 94 valence electrons. The summed E-state index contributed by atoms with van der Waals surface area (Å²) in [5.41, 5.74) is 5.45. The van der Waals surface area contributed by atoms with Crippen molar-refractivity contribution in [3.05, 3.63) is 0 Å². The van der Waals surface area contributed by atoms with Crippen molar-refractivity contribution in [3.8, 4) is 0 Å². The Morgan fingerprint density at radius 3 is 2.44 bits per heavy atom. The van der Waals surface area contributed by atoms with E-state index in [0.717, 1.165) is 38.9 Å². The minimum absolute atomic E-state index is 0.279. The van der Waals surface area contributed by atoms with Crippen LogP contribution in [-0.2, 0) is 4.79 Å². The molecule has 0 aromatic carbocycles. The van der Waals surface area contributed by atoms with E-state index in [2.05, 4.69) is 4.90 Å². The number of carbonyl (C=O) groups excluding carboxylic acids is 1. The van der Waals surface area contributed by atoms with Gasteiger partial charge in [0.1, 0.15) is 0 Å². The lowest BCUT2D eigenvalue weighted by Crippen LogP contribution is -2.40. The number of nitrogens with two attached hydrogens (primary N) is 1.